The highest BCUT2D eigenvalue weighted by Crippen LogP contribution is 2.33. The van der Waals surface area contributed by atoms with Crippen molar-refractivity contribution in [1.29, 1.82) is 0 Å². The topological polar surface area (TPSA) is 94.1 Å². The van der Waals surface area contributed by atoms with E-state index in [1.165, 1.54) is 7.11 Å². The number of ether oxygens (including phenoxy) is 3. The minimum absolute atomic E-state index is 0.139. The van der Waals surface area contributed by atoms with Crippen LogP contribution in [0.4, 0.5) is 0 Å². The number of carbonyl (C=O) groups excluding carboxylic acids is 1. The molecular weight excluding hydrogens is 302 g/mol. The molecule has 0 saturated heterocycles. The zero-order valence-electron chi connectivity index (χ0n) is 13.8. The van der Waals surface area contributed by atoms with Gasteiger partial charge in [-0.1, -0.05) is 6.07 Å². The summed E-state index contributed by atoms with van der Waals surface area (Å²) in [5.41, 5.74) is -0.00842. The number of rotatable bonds is 9. The number of methoxy groups -OCH3 is 2. The molecule has 0 saturated carbocycles. The Bertz CT molecular complexity index is 556. The summed E-state index contributed by atoms with van der Waals surface area (Å²) in [5, 5.41) is 11.2. The van der Waals surface area contributed by atoms with Gasteiger partial charge < -0.3 is 24.6 Å². The Morgan fingerprint density at radius 1 is 1.17 bits per heavy atom. The van der Waals surface area contributed by atoms with Gasteiger partial charge in [-0.15, -0.1) is 0 Å². The lowest BCUT2D eigenvalue weighted by Gasteiger charge is -2.25. The monoisotopic (exact) mass is 325 g/mol. The number of carbonyl (C=O) groups is 2. The second-order valence-electron chi connectivity index (χ2n) is 5.40. The van der Waals surface area contributed by atoms with E-state index in [4.69, 9.17) is 19.3 Å². The first-order valence-corrected chi connectivity index (χ1v) is 7.13. The van der Waals surface area contributed by atoms with Crippen molar-refractivity contribution in [2.24, 2.45) is 0 Å². The predicted octanol–water partition coefficient (Wildman–Crippen LogP) is 1.20. The Kier molecular flexibility index (Phi) is 6.84. The molecule has 0 aliphatic rings. The predicted molar refractivity (Wildman–Crippen MR) is 84.0 cm³/mol. The summed E-state index contributed by atoms with van der Waals surface area (Å²) in [7, 11) is 3.08. The van der Waals surface area contributed by atoms with Gasteiger partial charge in [-0.3, -0.25) is 4.79 Å². The molecule has 0 heterocycles. The lowest BCUT2D eigenvalue weighted by atomic mass is 9.83. The van der Waals surface area contributed by atoms with Gasteiger partial charge in [0.05, 0.1) is 26.2 Å². The summed E-state index contributed by atoms with van der Waals surface area (Å²) in [6, 6.07) is 5.32. The lowest BCUT2D eigenvalue weighted by Crippen LogP contribution is -2.41. The summed E-state index contributed by atoms with van der Waals surface area (Å²) >= 11 is 0. The Labute approximate surface area is 135 Å². The Morgan fingerprint density at radius 3 is 2.39 bits per heavy atom. The summed E-state index contributed by atoms with van der Waals surface area (Å²) in [6.07, 6.45) is 0. The molecule has 0 atom stereocenters. The molecule has 1 aromatic carbocycles. The molecule has 128 valence electrons. The second kappa shape index (κ2) is 8.38. The molecule has 0 bridgehead atoms. The van der Waals surface area contributed by atoms with Crippen LogP contribution < -0.4 is 14.8 Å². The van der Waals surface area contributed by atoms with Gasteiger partial charge in [0.1, 0.15) is 6.61 Å². The molecule has 0 aliphatic heterocycles. The summed E-state index contributed by atoms with van der Waals surface area (Å²) < 4.78 is 15.3. The third-order valence-electron chi connectivity index (χ3n) is 3.43. The van der Waals surface area contributed by atoms with Crippen molar-refractivity contribution >= 4 is 11.9 Å². The molecule has 23 heavy (non-hydrogen) atoms. The molecule has 7 nitrogen and oxygen atoms in total. The fraction of sp³-hybridized carbons (Fsp3) is 0.500. The minimum Gasteiger partial charge on any atom is -0.493 e. The molecule has 0 radical (unpaired) electrons. The molecule has 0 fully saturated rings. The van der Waals surface area contributed by atoms with Crippen molar-refractivity contribution in [3.05, 3.63) is 23.8 Å². The Hall–Kier alpha value is -2.28. The van der Waals surface area contributed by atoms with Crippen molar-refractivity contribution in [2.45, 2.75) is 19.3 Å². The third-order valence-corrected chi connectivity index (χ3v) is 3.43. The zero-order valence-corrected chi connectivity index (χ0v) is 13.8. The number of nitrogens with one attached hydrogen (secondary N) is 1. The number of carboxylic acid groups (broad SMARTS) is 1. The average Bonchev–Trinajstić information content (AvgIpc) is 2.53. The molecule has 0 aliphatic carbocycles. The van der Waals surface area contributed by atoms with Crippen LogP contribution in [0.25, 0.3) is 0 Å². The highest BCUT2D eigenvalue weighted by atomic mass is 16.5. The first-order chi connectivity index (χ1) is 10.8. The van der Waals surface area contributed by atoms with Crippen LogP contribution in [0, 0.1) is 0 Å². The van der Waals surface area contributed by atoms with Gasteiger partial charge in [-0.25, -0.2) is 4.79 Å². The van der Waals surface area contributed by atoms with Crippen LogP contribution in [-0.4, -0.2) is 51.0 Å². The normalized spacial score (nSPS) is 11.0. The average molecular weight is 325 g/mol. The van der Waals surface area contributed by atoms with Crippen LogP contribution in [0.1, 0.15) is 19.4 Å². The number of aliphatic carboxylic acids is 1. The number of amides is 1. The maximum Gasteiger partial charge on any atom is 0.329 e. The highest BCUT2D eigenvalue weighted by Gasteiger charge is 2.30. The van der Waals surface area contributed by atoms with Crippen LogP contribution in [0.5, 0.6) is 11.5 Å². The molecule has 1 rings (SSSR count). The van der Waals surface area contributed by atoms with Gasteiger partial charge in [0.2, 0.25) is 5.91 Å². The molecule has 1 amide bonds. The number of hydrogen-bond donors (Lipinski definition) is 2. The standard InChI is InChI=1S/C16H23NO6/c1-16(2,15(20)17-7-8-23-10-14(18)19)11-5-6-12(21-3)13(9-11)22-4/h5-6,9H,7-8,10H2,1-4H3,(H,17,20)(H,18,19). The van der Waals surface area contributed by atoms with E-state index < -0.39 is 11.4 Å². The molecular formula is C16H23NO6. The van der Waals surface area contributed by atoms with E-state index in [1.807, 2.05) is 6.07 Å². The van der Waals surface area contributed by atoms with Gasteiger partial charge in [0, 0.05) is 6.54 Å². The number of carboxylic acids is 1. The minimum atomic E-state index is -1.04. The first-order valence-electron chi connectivity index (χ1n) is 7.13. The van der Waals surface area contributed by atoms with Crippen molar-refractivity contribution in [2.75, 3.05) is 34.0 Å². The van der Waals surface area contributed by atoms with Crippen LogP contribution in [0.3, 0.4) is 0 Å². The van der Waals surface area contributed by atoms with Gasteiger partial charge in [0.15, 0.2) is 11.5 Å². The SMILES string of the molecule is COc1ccc(C(C)(C)C(=O)NCCOCC(=O)O)cc1OC. The Morgan fingerprint density at radius 2 is 1.83 bits per heavy atom. The molecule has 0 unspecified atom stereocenters. The quantitative estimate of drug-likeness (QED) is 0.663. The number of benzene rings is 1. The van der Waals surface area contributed by atoms with Gasteiger partial charge in [-0.05, 0) is 31.5 Å². The highest BCUT2D eigenvalue weighted by molar-refractivity contribution is 5.87. The maximum atomic E-state index is 12.4. The zero-order chi connectivity index (χ0) is 17.5. The Balaban J connectivity index is 2.69. The smallest absolute Gasteiger partial charge is 0.329 e. The molecule has 0 aromatic heterocycles. The fourth-order valence-corrected chi connectivity index (χ4v) is 1.97. The molecule has 2 N–H and O–H groups in total. The summed E-state index contributed by atoms with van der Waals surface area (Å²) in [6.45, 7) is 3.58. The molecule has 1 aromatic rings. The van der Waals surface area contributed by atoms with Crippen LogP contribution in [0.2, 0.25) is 0 Å². The third kappa shape index (κ3) is 5.14. The van der Waals surface area contributed by atoms with E-state index in [-0.39, 0.29) is 25.7 Å². The maximum absolute atomic E-state index is 12.4. The van der Waals surface area contributed by atoms with Crippen molar-refractivity contribution in [1.82, 2.24) is 5.32 Å². The summed E-state index contributed by atoms with van der Waals surface area (Å²) in [5.74, 6) is -0.0872. The van der Waals surface area contributed by atoms with Gasteiger partial charge in [0.25, 0.3) is 0 Å². The number of hydrogen-bond acceptors (Lipinski definition) is 5. The lowest BCUT2D eigenvalue weighted by molar-refractivity contribution is -0.142. The van der Waals surface area contributed by atoms with E-state index in [0.29, 0.717) is 11.5 Å². The molecule has 7 heteroatoms. The van der Waals surface area contributed by atoms with E-state index >= 15 is 0 Å². The summed E-state index contributed by atoms with van der Waals surface area (Å²) in [4.78, 5) is 22.7. The van der Waals surface area contributed by atoms with E-state index in [0.717, 1.165) is 5.56 Å². The van der Waals surface area contributed by atoms with E-state index in [1.54, 1.807) is 33.1 Å². The van der Waals surface area contributed by atoms with E-state index in [9.17, 15) is 9.59 Å². The van der Waals surface area contributed by atoms with Crippen molar-refractivity contribution < 1.29 is 28.9 Å². The largest absolute Gasteiger partial charge is 0.493 e. The van der Waals surface area contributed by atoms with Gasteiger partial charge >= 0.3 is 5.97 Å². The van der Waals surface area contributed by atoms with E-state index in [2.05, 4.69) is 5.32 Å². The van der Waals surface area contributed by atoms with Crippen LogP contribution in [-0.2, 0) is 19.7 Å². The van der Waals surface area contributed by atoms with Crippen molar-refractivity contribution in [3.63, 3.8) is 0 Å². The first kappa shape index (κ1) is 18.8. The van der Waals surface area contributed by atoms with Crippen LogP contribution in [0.15, 0.2) is 18.2 Å². The van der Waals surface area contributed by atoms with Gasteiger partial charge in [-0.2, -0.15) is 0 Å². The second-order valence-corrected chi connectivity index (χ2v) is 5.40. The van der Waals surface area contributed by atoms with Crippen molar-refractivity contribution in [3.8, 4) is 11.5 Å². The molecule has 0 spiro atoms. The van der Waals surface area contributed by atoms with Crippen LogP contribution >= 0.6 is 0 Å². The fourth-order valence-electron chi connectivity index (χ4n) is 1.97.